The number of benzene rings is 1. The lowest BCUT2D eigenvalue weighted by Crippen LogP contribution is -2.16. The number of nitrogens with two attached hydrogens (primary N) is 2. The van der Waals surface area contributed by atoms with Crippen LogP contribution in [0.5, 0.6) is 0 Å². The van der Waals surface area contributed by atoms with E-state index >= 15 is 0 Å². The van der Waals surface area contributed by atoms with Crippen LogP contribution in [0.1, 0.15) is 11.5 Å². The quantitative estimate of drug-likeness (QED) is 0.640. The normalized spacial score (nSPS) is 13.8. The molecule has 0 aliphatic carbocycles. The molecule has 0 radical (unpaired) electrons. The van der Waals surface area contributed by atoms with Crippen molar-refractivity contribution < 1.29 is 13.5 Å². The minimum atomic E-state index is -3.65. The zero-order valence-corrected chi connectivity index (χ0v) is 8.94. The third-order valence-corrected chi connectivity index (χ3v) is 3.11. The SMILES string of the molecule is NCC(CO)c1ccc(S(N)(=O)=O)cc1. The van der Waals surface area contributed by atoms with Crippen LogP contribution in [0.15, 0.2) is 29.2 Å². The highest BCUT2D eigenvalue weighted by Gasteiger charge is 2.11. The van der Waals surface area contributed by atoms with Crippen molar-refractivity contribution in [2.45, 2.75) is 10.8 Å². The molecule has 1 unspecified atom stereocenters. The molecule has 0 amide bonds. The second-order valence-corrected chi connectivity index (χ2v) is 4.79. The lowest BCUT2D eigenvalue weighted by molar-refractivity contribution is 0.268. The number of hydrogen-bond donors (Lipinski definition) is 3. The maximum atomic E-state index is 11.0. The molecule has 1 aromatic rings. The van der Waals surface area contributed by atoms with E-state index in [0.717, 1.165) is 5.56 Å². The van der Waals surface area contributed by atoms with Crippen LogP contribution in [-0.4, -0.2) is 26.7 Å². The predicted octanol–water partition coefficient (Wildman–Crippen LogP) is -0.631. The molecule has 0 heterocycles. The van der Waals surface area contributed by atoms with Crippen LogP contribution in [0.3, 0.4) is 0 Å². The average Bonchev–Trinajstić information content (AvgIpc) is 2.19. The average molecular weight is 230 g/mol. The Morgan fingerprint density at radius 2 is 1.80 bits per heavy atom. The van der Waals surface area contributed by atoms with Crippen molar-refractivity contribution in [1.82, 2.24) is 0 Å². The Morgan fingerprint density at radius 1 is 1.27 bits per heavy atom. The minimum absolute atomic E-state index is 0.0555. The molecule has 84 valence electrons. The third kappa shape index (κ3) is 3.00. The Kier molecular flexibility index (Phi) is 3.81. The van der Waals surface area contributed by atoms with Crippen LogP contribution in [0, 0.1) is 0 Å². The fourth-order valence-corrected chi connectivity index (χ4v) is 1.76. The van der Waals surface area contributed by atoms with Crippen LogP contribution in [0.4, 0.5) is 0 Å². The molecule has 0 bridgehead atoms. The van der Waals surface area contributed by atoms with Gasteiger partial charge in [-0.15, -0.1) is 0 Å². The van der Waals surface area contributed by atoms with Crippen molar-refractivity contribution in [2.24, 2.45) is 10.9 Å². The van der Waals surface area contributed by atoms with Gasteiger partial charge in [-0.2, -0.15) is 0 Å². The zero-order chi connectivity index (χ0) is 11.5. The van der Waals surface area contributed by atoms with E-state index in [1.54, 1.807) is 12.1 Å². The van der Waals surface area contributed by atoms with Gasteiger partial charge in [0.2, 0.25) is 10.0 Å². The number of sulfonamides is 1. The molecule has 0 spiro atoms. The van der Waals surface area contributed by atoms with Gasteiger partial charge < -0.3 is 10.8 Å². The number of rotatable bonds is 4. The predicted molar refractivity (Wildman–Crippen MR) is 56.7 cm³/mol. The second-order valence-electron chi connectivity index (χ2n) is 3.23. The van der Waals surface area contributed by atoms with Gasteiger partial charge in [-0.3, -0.25) is 0 Å². The standard InChI is InChI=1S/C9H14N2O3S/c10-5-8(6-12)7-1-3-9(4-2-7)15(11,13)14/h1-4,8,12H,5-6,10H2,(H2,11,13,14). The Hall–Kier alpha value is -0.950. The first kappa shape index (κ1) is 12.1. The summed E-state index contributed by atoms with van der Waals surface area (Å²) in [7, 11) is -3.65. The van der Waals surface area contributed by atoms with Crippen LogP contribution >= 0.6 is 0 Å². The van der Waals surface area contributed by atoms with Crippen molar-refractivity contribution >= 4 is 10.0 Å². The first-order valence-electron chi connectivity index (χ1n) is 4.42. The highest BCUT2D eigenvalue weighted by molar-refractivity contribution is 7.89. The fourth-order valence-electron chi connectivity index (χ4n) is 1.25. The second kappa shape index (κ2) is 4.71. The van der Waals surface area contributed by atoms with E-state index in [9.17, 15) is 8.42 Å². The molecule has 15 heavy (non-hydrogen) atoms. The molecule has 0 aromatic heterocycles. The molecule has 6 heteroatoms. The summed E-state index contributed by atoms with van der Waals surface area (Å²) in [6, 6.07) is 6.02. The van der Waals surface area contributed by atoms with E-state index in [0.29, 0.717) is 6.54 Å². The summed E-state index contributed by atoms with van der Waals surface area (Å²) in [5, 5.41) is 13.9. The van der Waals surface area contributed by atoms with Gasteiger partial charge in [-0.05, 0) is 17.7 Å². The molecule has 5 N–H and O–H groups in total. The smallest absolute Gasteiger partial charge is 0.238 e. The topological polar surface area (TPSA) is 106 Å². The van der Waals surface area contributed by atoms with E-state index < -0.39 is 10.0 Å². The molecule has 0 aliphatic rings. The van der Waals surface area contributed by atoms with Gasteiger partial charge in [0, 0.05) is 12.5 Å². The van der Waals surface area contributed by atoms with Gasteiger partial charge in [-0.25, -0.2) is 13.6 Å². The molecule has 0 fully saturated rings. The van der Waals surface area contributed by atoms with Crippen LogP contribution in [-0.2, 0) is 10.0 Å². The molecule has 0 saturated carbocycles. The van der Waals surface area contributed by atoms with Gasteiger partial charge in [0.05, 0.1) is 11.5 Å². The van der Waals surface area contributed by atoms with Gasteiger partial charge in [0.1, 0.15) is 0 Å². The maximum absolute atomic E-state index is 11.0. The van der Waals surface area contributed by atoms with Crippen LogP contribution < -0.4 is 10.9 Å². The van der Waals surface area contributed by atoms with Crippen LogP contribution in [0.25, 0.3) is 0 Å². The monoisotopic (exact) mass is 230 g/mol. The number of primary sulfonamides is 1. The van der Waals surface area contributed by atoms with Crippen molar-refractivity contribution in [3.63, 3.8) is 0 Å². The molecule has 0 aliphatic heterocycles. The molecular weight excluding hydrogens is 216 g/mol. The number of aliphatic hydroxyl groups is 1. The fraction of sp³-hybridized carbons (Fsp3) is 0.333. The molecule has 5 nitrogen and oxygen atoms in total. The summed E-state index contributed by atoms with van der Waals surface area (Å²) in [4.78, 5) is 0.0555. The summed E-state index contributed by atoms with van der Waals surface area (Å²) in [6.07, 6.45) is 0. The number of aliphatic hydroxyl groups excluding tert-OH is 1. The lowest BCUT2D eigenvalue weighted by atomic mass is 10.0. The van der Waals surface area contributed by atoms with E-state index in [1.807, 2.05) is 0 Å². The Bertz CT molecular complexity index is 409. The Morgan fingerprint density at radius 3 is 2.13 bits per heavy atom. The van der Waals surface area contributed by atoms with Crippen molar-refractivity contribution in [3.05, 3.63) is 29.8 Å². The third-order valence-electron chi connectivity index (χ3n) is 2.18. The highest BCUT2D eigenvalue weighted by Crippen LogP contribution is 2.16. The zero-order valence-electron chi connectivity index (χ0n) is 8.13. The van der Waals surface area contributed by atoms with Crippen LogP contribution in [0.2, 0.25) is 0 Å². The van der Waals surface area contributed by atoms with Crippen molar-refractivity contribution in [3.8, 4) is 0 Å². The first-order chi connectivity index (χ1) is 6.99. The summed E-state index contributed by atoms with van der Waals surface area (Å²) in [6.45, 7) is 0.246. The summed E-state index contributed by atoms with van der Waals surface area (Å²) in [5.41, 5.74) is 6.23. The Balaban J connectivity index is 3.00. The molecule has 1 atom stereocenters. The van der Waals surface area contributed by atoms with E-state index in [-0.39, 0.29) is 17.4 Å². The van der Waals surface area contributed by atoms with E-state index in [2.05, 4.69) is 0 Å². The summed E-state index contributed by atoms with van der Waals surface area (Å²) >= 11 is 0. The minimum Gasteiger partial charge on any atom is -0.396 e. The number of hydrogen-bond acceptors (Lipinski definition) is 4. The lowest BCUT2D eigenvalue weighted by Gasteiger charge is -2.11. The highest BCUT2D eigenvalue weighted by atomic mass is 32.2. The van der Waals surface area contributed by atoms with Crippen molar-refractivity contribution in [1.29, 1.82) is 0 Å². The first-order valence-corrected chi connectivity index (χ1v) is 5.97. The molecule has 1 aromatic carbocycles. The van der Waals surface area contributed by atoms with Crippen molar-refractivity contribution in [2.75, 3.05) is 13.2 Å². The molecule has 1 rings (SSSR count). The van der Waals surface area contributed by atoms with E-state index in [4.69, 9.17) is 16.0 Å². The summed E-state index contributed by atoms with van der Waals surface area (Å²) < 4.78 is 21.9. The van der Waals surface area contributed by atoms with Gasteiger partial charge in [0.15, 0.2) is 0 Å². The van der Waals surface area contributed by atoms with Gasteiger partial charge in [-0.1, -0.05) is 12.1 Å². The molecular formula is C9H14N2O3S. The van der Waals surface area contributed by atoms with Gasteiger partial charge in [0.25, 0.3) is 0 Å². The summed E-state index contributed by atoms with van der Waals surface area (Å²) in [5.74, 6) is -0.167. The van der Waals surface area contributed by atoms with Gasteiger partial charge >= 0.3 is 0 Å². The largest absolute Gasteiger partial charge is 0.396 e. The maximum Gasteiger partial charge on any atom is 0.238 e. The van der Waals surface area contributed by atoms with E-state index in [1.165, 1.54) is 12.1 Å². The Labute approximate surface area is 88.8 Å². The molecule has 0 saturated heterocycles.